The van der Waals surface area contributed by atoms with Gasteiger partial charge in [0.15, 0.2) is 6.29 Å². The zero-order chi connectivity index (χ0) is 17.7. The largest absolute Gasteiger partial charge is 0.380 e. The minimum atomic E-state index is -0.207. The first-order valence-electron chi connectivity index (χ1n) is 8.71. The summed E-state index contributed by atoms with van der Waals surface area (Å²) in [5.74, 6) is 0. The highest BCUT2D eigenvalue weighted by Gasteiger charge is 2.20. The summed E-state index contributed by atoms with van der Waals surface area (Å²) in [5, 5.41) is 3.49. The smallest absolute Gasteiger partial charge is 0.174 e. The third-order valence-electron chi connectivity index (χ3n) is 3.84. The van der Waals surface area contributed by atoms with E-state index >= 15 is 0 Å². The molecule has 1 aromatic carbocycles. The SMILES string of the molecule is CCOC(CNc1cc(C(C)(C)C)cc(C(C)(C)C)c1)OCC. The van der Waals surface area contributed by atoms with Gasteiger partial charge in [-0.05, 0) is 47.9 Å². The molecule has 0 spiro atoms. The molecule has 0 unspecified atom stereocenters. The fourth-order valence-electron chi connectivity index (χ4n) is 2.33. The topological polar surface area (TPSA) is 30.5 Å². The van der Waals surface area contributed by atoms with Crippen LogP contribution in [0.5, 0.6) is 0 Å². The van der Waals surface area contributed by atoms with Crippen molar-refractivity contribution in [3.8, 4) is 0 Å². The normalized spacial score (nSPS) is 12.7. The van der Waals surface area contributed by atoms with Crippen LogP contribution in [0.3, 0.4) is 0 Å². The van der Waals surface area contributed by atoms with Crippen molar-refractivity contribution in [1.82, 2.24) is 0 Å². The van der Waals surface area contributed by atoms with Crippen LogP contribution >= 0.6 is 0 Å². The fourth-order valence-corrected chi connectivity index (χ4v) is 2.33. The second-order valence-corrected chi connectivity index (χ2v) is 8.02. The van der Waals surface area contributed by atoms with E-state index in [1.54, 1.807) is 0 Å². The molecule has 0 saturated carbocycles. The van der Waals surface area contributed by atoms with Crippen molar-refractivity contribution >= 4 is 5.69 Å². The molecule has 3 heteroatoms. The molecule has 1 N–H and O–H groups in total. The van der Waals surface area contributed by atoms with Crippen LogP contribution in [0.25, 0.3) is 0 Å². The number of benzene rings is 1. The molecule has 23 heavy (non-hydrogen) atoms. The molecule has 3 nitrogen and oxygen atoms in total. The Kier molecular flexibility index (Phi) is 7.09. The average Bonchev–Trinajstić information content (AvgIpc) is 2.43. The maximum absolute atomic E-state index is 5.61. The van der Waals surface area contributed by atoms with Gasteiger partial charge in [0.2, 0.25) is 0 Å². The van der Waals surface area contributed by atoms with Crippen LogP contribution in [0.15, 0.2) is 18.2 Å². The first kappa shape index (κ1) is 20.0. The third kappa shape index (κ3) is 6.52. The number of hydrogen-bond donors (Lipinski definition) is 1. The number of anilines is 1. The zero-order valence-corrected chi connectivity index (χ0v) is 16.2. The van der Waals surface area contributed by atoms with Crippen LogP contribution in [0.4, 0.5) is 5.69 Å². The molecule has 1 aromatic rings. The van der Waals surface area contributed by atoms with Gasteiger partial charge in [-0.2, -0.15) is 0 Å². The summed E-state index contributed by atoms with van der Waals surface area (Å²) in [6.07, 6.45) is -0.207. The van der Waals surface area contributed by atoms with E-state index in [9.17, 15) is 0 Å². The second-order valence-electron chi connectivity index (χ2n) is 8.02. The highest BCUT2D eigenvalue weighted by Crippen LogP contribution is 2.32. The Labute approximate surface area is 142 Å². The van der Waals surface area contributed by atoms with Crippen molar-refractivity contribution in [3.63, 3.8) is 0 Å². The molecule has 0 saturated heterocycles. The summed E-state index contributed by atoms with van der Waals surface area (Å²) in [7, 11) is 0. The van der Waals surface area contributed by atoms with Crippen molar-refractivity contribution in [2.24, 2.45) is 0 Å². The minimum absolute atomic E-state index is 0.122. The minimum Gasteiger partial charge on any atom is -0.380 e. The van der Waals surface area contributed by atoms with Gasteiger partial charge in [0, 0.05) is 18.9 Å². The molecule has 0 aliphatic carbocycles. The summed E-state index contributed by atoms with van der Waals surface area (Å²) in [5.41, 5.74) is 4.06. The van der Waals surface area contributed by atoms with Gasteiger partial charge in [0.25, 0.3) is 0 Å². The lowest BCUT2D eigenvalue weighted by Crippen LogP contribution is -2.27. The summed E-state index contributed by atoms with van der Waals surface area (Å²) in [4.78, 5) is 0. The standard InChI is InChI=1S/C20H35NO2/c1-9-22-18(23-10-2)14-21-17-12-15(19(3,4)5)11-16(13-17)20(6,7)8/h11-13,18,21H,9-10,14H2,1-8H3. The Morgan fingerprint density at radius 2 is 1.26 bits per heavy atom. The van der Waals surface area contributed by atoms with Crippen molar-refractivity contribution in [2.45, 2.75) is 72.5 Å². The maximum atomic E-state index is 5.61. The fraction of sp³-hybridized carbons (Fsp3) is 0.700. The monoisotopic (exact) mass is 321 g/mol. The lowest BCUT2D eigenvalue weighted by Gasteiger charge is -2.27. The van der Waals surface area contributed by atoms with Gasteiger partial charge in [-0.15, -0.1) is 0 Å². The van der Waals surface area contributed by atoms with Crippen LogP contribution in [-0.2, 0) is 20.3 Å². The quantitative estimate of drug-likeness (QED) is 0.709. The van der Waals surface area contributed by atoms with Gasteiger partial charge in [0.05, 0.1) is 6.54 Å². The molecule has 0 amide bonds. The molecular formula is C20H35NO2. The Morgan fingerprint density at radius 3 is 1.61 bits per heavy atom. The first-order valence-corrected chi connectivity index (χ1v) is 8.71. The lowest BCUT2D eigenvalue weighted by molar-refractivity contribution is -0.126. The molecule has 0 heterocycles. The number of rotatable bonds is 7. The molecule has 0 bridgehead atoms. The Bertz CT molecular complexity index is 445. The average molecular weight is 322 g/mol. The van der Waals surface area contributed by atoms with E-state index in [4.69, 9.17) is 9.47 Å². The Hall–Kier alpha value is -1.06. The Balaban J connectivity index is 3.01. The molecule has 0 atom stereocenters. The van der Waals surface area contributed by atoms with Gasteiger partial charge >= 0.3 is 0 Å². The van der Waals surface area contributed by atoms with Crippen LogP contribution < -0.4 is 5.32 Å². The van der Waals surface area contributed by atoms with E-state index < -0.39 is 0 Å². The highest BCUT2D eigenvalue weighted by atomic mass is 16.7. The van der Waals surface area contributed by atoms with Crippen LogP contribution in [0.1, 0.15) is 66.5 Å². The van der Waals surface area contributed by atoms with E-state index in [-0.39, 0.29) is 17.1 Å². The van der Waals surface area contributed by atoms with Crippen LogP contribution in [0, 0.1) is 0 Å². The molecule has 0 aromatic heterocycles. The summed E-state index contributed by atoms with van der Waals surface area (Å²) < 4.78 is 11.2. The van der Waals surface area contributed by atoms with Crippen molar-refractivity contribution < 1.29 is 9.47 Å². The molecule has 0 fully saturated rings. The zero-order valence-electron chi connectivity index (χ0n) is 16.2. The molecule has 0 aliphatic heterocycles. The van der Waals surface area contributed by atoms with Crippen LogP contribution in [0.2, 0.25) is 0 Å². The lowest BCUT2D eigenvalue weighted by atomic mass is 9.80. The van der Waals surface area contributed by atoms with Crippen LogP contribution in [-0.4, -0.2) is 26.0 Å². The van der Waals surface area contributed by atoms with E-state index in [0.717, 1.165) is 5.69 Å². The first-order chi connectivity index (χ1) is 10.6. The number of nitrogens with one attached hydrogen (secondary N) is 1. The molecule has 0 aliphatic rings. The van der Waals surface area contributed by atoms with Gasteiger partial charge in [-0.25, -0.2) is 0 Å². The van der Waals surface area contributed by atoms with Crippen molar-refractivity contribution in [1.29, 1.82) is 0 Å². The molecule has 0 radical (unpaired) electrons. The van der Waals surface area contributed by atoms with Gasteiger partial charge in [-0.1, -0.05) is 47.6 Å². The van der Waals surface area contributed by atoms with E-state index in [2.05, 4.69) is 65.1 Å². The predicted molar refractivity (Wildman–Crippen MR) is 99.4 cm³/mol. The van der Waals surface area contributed by atoms with E-state index in [1.165, 1.54) is 11.1 Å². The highest BCUT2D eigenvalue weighted by molar-refractivity contribution is 5.52. The molecule has 1 rings (SSSR count). The van der Waals surface area contributed by atoms with Gasteiger partial charge < -0.3 is 14.8 Å². The van der Waals surface area contributed by atoms with E-state index in [0.29, 0.717) is 19.8 Å². The molecule has 132 valence electrons. The summed E-state index contributed by atoms with van der Waals surface area (Å²) >= 11 is 0. The second kappa shape index (κ2) is 8.16. The van der Waals surface area contributed by atoms with E-state index in [1.807, 2.05) is 13.8 Å². The van der Waals surface area contributed by atoms with Crippen molar-refractivity contribution in [3.05, 3.63) is 29.3 Å². The maximum Gasteiger partial charge on any atom is 0.174 e. The summed E-state index contributed by atoms with van der Waals surface area (Å²) in [6.45, 7) is 19.5. The number of hydrogen-bond acceptors (Lipinski definition) is 3. The third-order valence-corrected chi connectivity index (χ3v) is 3.84. The summed E-state index contributed by atoms with van der Waals surface area (Å²) in [6, 6.07) is 6.81. The molecular weight excluding hydrogens is 286 g/mol. The Morgan fingerprint density at radius 1 is 0.826 bits per heavy atom. The van der Waals surface area contributed by atoms with Gasteiger partial charge in [0.1, 0.15) is 0 Å². The number of ether oxygens (including phenoxy) is 2. The van der Waals surface area contributed by atoms with Crippen molar-refractivity contribution in [2.75, 3.05) is 25.1 Å². The van der Waals surface area contributed by atoms with Gasteiger partial charge in [-0.3, -0.25) is 0 Å². The predicted octanol–water partition coefficient (Wildman–Crippen LogP) is 5.09.